The second kappa shape index (κ2) is 4.14. The largest absolute Gasteiger partial charge is 0.330 e. The number of Topliss-reactive ketones (excluding diaryl/α,β-unsaturated/α-hetero) is 1. The average molecular weight is 181 g/mol. The molecule has 0 bridgehead atoms. The molecule has 3 heteroatoms. The molecule has 0 amide bonds. The van der Waals surface area contributed by atoms with Gasteiger partial charge in [0.2, 0.25) is 0 Å². The predicted molar refractivity (Wildman–Crippen MR) is 49.1 cm³/mol. The Morgan fingerprint density at radius 2 is 2.23 bits per heavy atom. The fraction of sp³-hybridized carbons (Fsp3) is 0.300. The number of nitrogens with two attached hydrogens (primary N) is 1. The van der Waals surface area contributed by atoms with E-state index < -0.39 is 0 Å². The predicted octanol–water partition coefficient (Wildman–Crippen LogP) is 1.67. The van der Waals surface area contributed by atoms with E-state index in [1.165, 1.54) is 12.1 Å². The summed E-state index contributed by atoms with van der Waals surface area (Å²) in [7, 11) is 0. The van der Waals surface area contributed by atoms with E-state index in [1.807, 2.05) is 0 Å². The van der Waals surface area contributed by atoms with Gasteiger partial charge in [-0.3, -0.25) is 4.79 Å². The van der Waals surface area contributed by atoms with Crippen LogP contribution < -0.4 is 5.73 Å². The van der Waals surface area contributed by atoms with Gasteiger partial charge in [-0.15, -0.1) is 0 Å². The van der Waals surface area contributed by atoms with Crippen LogP contribution in [-0.4, -0.2) is 12.3 Å². The lowest BCUT2D eigenvalue weighted by atomic mass is 10.0. The van der Waals surface area contributed by atoms with Crippen LogP contribution in [0.25, 0.3) is 0 Å². The third-order valence-corrected chi connectivity index (χ3v) is 1.87. The van der Waals surface area contributed by atoms with Crippen molar-refractivity contribution in [3.8, 4) is 0 Å². The third-order valence-electron chi connectivity index (χ3n) is 1.87. The minimum Gasteiger partial charge on any atom is -0.330 e. The third kappa shape index (κ3) is 2.36. The van der Waals surface area contributed by atoms with Crippen molar-refractivity contribution in [1.82, 2.24) is 0 Å². The Bertz CT molecular complexity index is 323. The summed E-state index contributed by atoms with van der Waals surface area (Å²) in [4.78, 5) is 11.4. The molecule has 0 aliphatic heterocycles. The molecule has 2 nitrogen and oxygen atoms in total. The van der Waals surface area contributed by atoms with Gasteiger partial charge in [0, 0.05) is 12.0 Å². The highest BCUT2D eigenvalue weighted by molar-refractivity contribution is 5.97. The molecular formula is C10H12FNO. The van der Waals surface area contributed by atoms with Crippen molar-refractivity contribution >= 4 is 5.78 Å². The van der Waals surface area contributed by atoms with Gasteiger partial charge in [-0.05, 0) is 31.2 Å². The number of benzene rings is 1. The van der Waals surface area contributed by atoms with Gasteiger partial charge in [0.25, 0.3) is 0 Å². The number of aryl methyl sites for hydroxylation is 1. The van der Waals surface area contributed by atoms with Gasteiger partial charge >= 0.3 is 0 Å². The summed E-state index contributed by atoms with van der Waals surface area (Å²) in [5.74, 6) is -0.481. The molecule has 0 saturated heterocycles. The Morgan fingerprint density at radius 1 is 1.54 bits per heavy atom. The minimum atomic E-state index is -0.383. The maximum atomic E-state index is 12.8. The lowest BCUT2D eigenvalue weighted by Gasteiger charge is -2.03. The molecule has 0 unspecified atom stereocenters. The van der Waals surface area contributed by atoms with Crippen LogP contribution in [-0.2, 0) is 0 Å². The number of hydrogen-bond acceptors (Lipinski definition) is 2. The fourth-order valence-electron chi connectivity index (χ4n) is 1.16. The first-order chi connectivity index (χ1) is 6.15. The molecule has 0 spiro atoms. The van der Waals surface area contributed by atoms with Crippen LogP contribution in [0.3, 0.4) is 0 Å². The van der Waals surface area contributed by atoms with E-state index in [9.17, 15) is 9.18 Å². The van der Waals surface area contributed by atoms with Gasteiger partial charge in [-0.1, -0.05) is 6.07 Å². The highest BCUT2D eigenvalue weighted by Gasteiger charge is 2.08. The molecule has 0 aliphatic carbocycles. The molecule has 1 aromatic rings. The SMILES string of the molecule is Cc1ccc(F)cc1C(=O)CCN. The number of ketones is 1. The molecule has 0 aromatic heterocycles. The molecule has 0 atom stereocenters. The summed E-state index contributed by atoms with van der Waals surface area (Å²) >= 11 is 0. The molecular weight excluding hydrogens is 169 g/mol. The molecule has 13 heavy (non-hydrogen) atoms. The van der Waals surface area contributed by atoms with E-state index in [1.54, 1.807) is 13.0 Å². The molecule has 2 N–H and O–H groups in total. The molecule has 1 aromatic carbocycles. The van der Waals surface area contributed by atoms with E-state index in [2.05, 4.69) is 0 Å². The molecule has 1 rings (SSSR count). The van der Waals surface area contributed by atoms with Gasteiger partial charge in [-0.25, -0.2) is 4.39 Å². The summed E-state index contributed by atoms with van der Waals surface area (Å²) in [6.07, 6.45) is 0.268. The van der Waals surface area contributed by atoms with Crippen molar-refractivity contribution in [3.05, 3.63) is 35.1 Å². The summed E-state index contributed by atoms with van der Waals surface area (Å²) in [6, 6.07) is 4.20. The number of hydrogen-bond donors (Lipinski definition) is 1. The van der Waals surface area contributed by atoms with Crippen LogP contribution in [0.1, 0.15) is 22.3 Å². The average Bonchev–Trinajstić information content (AvgIpc) is 2.09. The van der Waals surface area contributed by atoms with Crippen LogP contribution in [0.4, 0.5) is 4.39 Å². The normalized spacial score (nSPS) is 10.1. The summed E-state index contributed by atoms with van der Waals surface area (Å²) in [6.45, 7) is 2.08. The fourth-order valence-corrected chi connectivity index (χ4v) is 1.16. The summed E-state index contributed by atoms with van der Waals surface area (Å²) in [5.41, 5.74) is 6.47. The first-order valence-electron chi connectivity index (χ1n) is 4.14. The second-order valence-corrected chi connectivity index (χ2v) is 2.92. The van der Waals surface area contributed by atoms with E-state index in [0.717, 1.165) is 5.56 Å². The van der Waals surface area contributed by atoms with Crippen molar-refractivity contribution < 1.29 is 9.18 Å². The number of halogens is 1. The standard InChI is InChI=1S/C10H12FNO/c1-7-2-3-8(11)6-9(7)10(13)4-5-12/h2-3,6H,4-5,12H2,1H3. The number of carbonyl (C=O) groups is 1. The van der Waals surface area contributed by atoms with Crippen molar-refractivity contribution in [2.45, 2.75) is 13.3 Å². The smallest absolute Gasteiger partial charge is 0.164 e. The van der Waals surface area contributed by atoms with Crippen LogP contribution in [0.2, 0.25) is 0 Å². The number of rotatable bonds is 3. The van der Waals surface area contributed by atoms with Crippen molar-refractivity contribution in [2.75, 3.05) is 6.54 Å². The van der Waals surface area contributed by atoms with Crippen LogP contribution in [0, 0.1) is 12.7 Å². The second-order valence-electron chi connectivity index (χ2n) is 2.92. The van der Waals surface area contributed by atoms with E-state index in [0.29, 0.717) is 12.1 Å². The van der Waals surface area contributed by atoms with Gasteiger partial charge in [0.05, 0.1) is 0 Å². The number of carbonyl (C=O) groups excluding carboxylic acids is 1. The Morgan fingerprint density at radius 3 is 2.85 bits per heavy atom. The minimum absolute atomic E-state index is 0.0977. The maximum absolute atomic E-state index is 12.8. The highest BCUT2D eigenvalue weighted by Crippen LogP contribution is 2.11. The maximum Gasteiger partial charge on any atom is 0.164 e. The Kier molecular flexibility index (Phi) is 3.14. The van der Waals surface area contributed by atoms with Crippen molar-refractivity contribution in [1.29, 1.82) is 0 Å². The van der Waals surface area contributed by atoms with Gasteiger partial charge in [-0.2, -0.15) is 0 Å². The van der Waals surface area contributed by atoms with E-state index in [4.69, 9.17) is 5.73 Å². The van der Waals surface area contributed by atoms with Crippen LogP contribution >= 0.6 is 0 Å². The molecule has 0 fully saturated rings. The van der Waals surface area contributed by atoms with Crippen molar-refractivity contribution in [2.24, 2.45) is 5.73 Å². The molecule has 0 radical (unpaired) electrons. The molecule has 0 aliphatic rings. The Labute approximate surface area is 76.6 Å². The Balaban J connectivity index is 2.99. The first-order valence-corrected chi connectivity index (χ1v) is 4.14. The Hall–Kier alpha value is -1.22. The monoisotopic (exact) mass is 181 g/mol. The summed E-state index contributed by atoms with van der Waals surface area (Å²) in [5, 5.41) is 0. The van der Waals surface area contributed by atoms with E-state index >= 15 is 0 Å². The van der Waals surface area contributed by atoms with Crippen LogP contribution in [0.15, 0.2) is 18.2 Å². The zero-order chi connectivity index (χ0) is 9.84. The van der Waals surface area contributed by atoms with Crippen molar-refractivity contribution in [3.63, 3.8) is 0 Å². The highest BCUT2D eigenvalue weighted by atomic mass is 19.1. The van der Waals surface area contributed by atoms with Gasteiger partial charge < -0.3 is 5.73 Å². The van der Waals surface area contributed by atoms with Gasteiger partial charge in [0.15, 0.2) is 5.78 Å². The topological polar surface area (TPSA) is 43.1 Å². The summed E-state index contributed by atoms with van der Waals surface area (Å²) < 4.78 is 12.8. The molecule has 0 heterocycles. The quantitative estimate of drug-likeness (QED) is 0.721. The van der Waals surface area contributed by atoms with E-state index in [-0.39, 0.29) is 18.0 Å². The zero-order valence-electron chi connectivity index (χ0n) is 7.51. The lowest BCUT2D eigenvalue weighted by Crippen LogP contribution is -2.09. The van der Waals surface area contributed by atoms with Gasteiger partial charge in [0.1, 0.15) is 5.82 Å². The molecule has 70 valence electrons. The first kappa shape index (κ1) is 9.86. The molecule has 0 saturated carbocycles. The zero-order valence-corrected chi connectivity index (χ0v) is 7.51. The van der Waals surface area contributed by atoms with Crippen LogP contribution in [0.5, 0.6) is 0 Å². The lowest BCUT2D eigenvalue weighted by molar-refractivity contribution is 0.0984.